The molecule has 0 heterocycles. The second kappa shape index (κ2) is 4.86. The topological polar surface area (TPSA) is 50.1 Å². The molecule has 3 nitrogen and oxygen atoms in total. The summed E-state index contributed by atoms with van der Waals surface area (Å²) in [4.78, 5) is 11.3. The fourth-order valence-electron chi connectivity index (χ4n) is 1.72. The van der Waals surface area contributed by atoms with E-state index in [0.29, 0.717) is 6.61 Å². The molecule has 1 rings (SSSR count). The minimum Gasteiger partial charge on any atom is -0.466 e. The van der Waals surface area contributed by atoms with E-state index in [1.165, 1.54) is 0 Å². The summed E-state index contributed by atoms with van der Waals surface area (Å²) in [5, 5.41) is 8.65. The zero-order chi connectivity index (χ0) is 9.68. The first-order valence-corrected chi connectivity index (χ1v) is 4.84. The second-order valence-electron chi connectivity index (χ2n) is 3.43. The van der Waals surface area contributed by atoms with Gasteiger partial charge in [-0.2, -0.15) is 5.26 Å². The van der Waals surface area contributed by atoms with Crippen molar-refractivity contribution in [2.75, 3.05) is 6.61 Å². The largest absolute Gasteiger partial charge is 0.466 e. The van der Waals surface area contributed by atoms with Gasteiger partial charge < -0.3 is 4.74 Å². The van der Waals surface area contributed by atoms with E-state index in [2.05, 4.69) is 6.07 Å². The van der Waals surface area contributed by atoms with Gasteiger partial charge in [-0.25, -0.2) is 0 Å². The van der Waals surface area contributed by atoms with Crippen LogP contribution in [0.2, 0.25) is 0 Å². The number of nitriles is 1. The second-order valence-corrected chi connectivity index (χ2v) is 3.43. The number of rotatable bonds is 2. The molecule has 1 aliphatic rings. The molecule has 0 N–H and O–H groups in total. The maximum absolute atomic E-state index is 11.3. The molecule has 0 aliphatic heterocycles. The van der Waals surface area contributed by atoms with Crippen molar-refractivity contribution in [3.05, 3.63) is 0 Å². The van der Waals surface area contributed by atoms with E-state index in [1.807, 2.05) is 6.92 Å². The van der Waals surface area contributed by atoms with Gasteiger partial charge in [-0.05, 0) is 32.6 Å². The zero-order valence-corrected chi connectivity index (χ0v) is 7.95. The minimum absolute atomic E-state index is 0.0459. The van der Waals surface area contributed by atoms with Crippen LogP contribution in [0.25, 0.3) is 0 Å². The van der Waals surface area contributed by atoms with Crippen LogP contribution >= 0.6 is 0 Å². The summed E-state index contributed by atoms with van der Waals surface area (Å²) in [5.74, 6) is 0.120. The Labute approximate surface area is 78.7 Å². The molecule has 0 bridgehead atoms. The molecule has 0 saturated heterocycles. The van der Waals surface area contributed by atoms with Gasteiger partial charge in [-0.3, -0.25) is 4.79 Å². The molecule has 1 fully saturated rings. The molecule has 0 atom stereocenters. The lowest BCUT2D eigenvalue weighted by Gasteiger charge is -2.22. The normalized spacial score (nSPS) is 27.7. The third-order valence-electron chi connectivity index (χ3n) is 2.53. The summed E-state index contributed by atoms with van der Waals surface area (Å²) in [7, 11) is 0. The molecule has 0 aromatic rings. The smallest absolute Gasteiger partial charge is 0.308 e. The summed E-state index contributed by atoms with van der Waals surface area (Å²) < 4.78 is 4.93. The molecule has 13 heavy (non-hydrogen) atoms. The molecule has 72 valence electrons. The molecule has 0 unspecified atom stereocenters. The van der Waals surface area contributed by atoms with E-state index < -0.39 is 0 Å². The van der Waals surface area contributed by atoms with Crippen LogP contribution in [-0.2, 0) is 9.53 Å². The first kappa shape index (κ1) is 10.0. The van der Waals surface area contributed by atoms with Crippen molar-refractivity contribution in [1.82, 2.24) is 0 Å². The van der Waals surface area contributed by atoms with Gasteiger partial charge in [0.1, 0.15) is 0 Å². The third kappa shape index (κ3) is 2.73. The Morgan fingerprint density at radius 2 is 2.08 bits per heavy atom. The lowest BCUT2D eigenvalue weighted by atomic mass is 9.83. The Morgan fingerprint density at radius 3 is 2.54 bits per heavy atom. The van der Waals surface area contributed by atoms with E-state index in [4.69, 9.17) is 10.00 Å². The van der Waals surface area contributed by atoms with Gasteiger partial charge in [0.15, 0.2) is 0 Å². The molecule has 1 saturated carbocycles. The quantitative estimate of drug-likeness (QED) is 0.611. The molecule has 0 aromatic carbocycles. The maximum Gasteiger partial charge on any atom is 0.308 e. The molecule has 0 radical (unpaired) electrons. The fourth-order valence-corrected chi connectivity index (χ4v) is 1.72. The van der Waals surface area contributed by atoms with Crippen molar-refractivity contribution < 1.29 is 9.53 Å². The number of carbonyl (C=O) groups excluding carboxylic acids is 1. The van der Waals surface area contributed by atoms with E-state index in [-0.39, 0.29) is 17.8 Å². The number of nitrogens with zero attached hydrogens (tertiary/aromatic N) is 1. The van der Waals surface area contributed by atoms with E-state index in [0.717, 1.165) is 25.7 Å². The number of hydrogen-bond acceptors (Lipinski definition) is 3. The molecular weight excluding hydrogens is 166 g/mol. The van der Waals surface area contributed by atoms with Crippen molar-refractivity contribution in [2.24, 2.45) is 11.8 Å². The average molecular weight is 181 g/mol. The molecular formula is C10H15NO2. The van der Waals surface area contributed by atoms with Crippen LogP contribution in [0.4, 0.5) is 0 Å². The Morgan fingerprint density at radius 1 is 1.46 bits per heavy atom. The molecule has 1 aliphatic carbocycles. The van der Waals surface area contributed by atoms with E-state index >= 15 is 0 Å². The highest BCUT2D eigenvalue weighted by atomic mass is 16.5. The van der Waals surface area contributed by atoms with Crippen LogP contribution in [-0.4, -0.2) is 12.6 Å². The molecule has 0 spiro atoms. The van der Waals surface area contributed by atoms with Crippen molar-refractivity contribution in [3.63, 3.8) is 0 Å². The Kier molecular flexibility index (Phi) is 3.75. The summed E-state index contributed by atoms with van der Waals surface area (Å²) in [6.07, 6.45) is 3.33. The monoisotopic (exact) mass is 181 g/mol. The third-order valence-corrected chi connectivity index (χ3v) is 2.53. The van der Waals surface area contributed by atoms with Gasteiger partial charge in [0.2, 0.25) is 0 Å². The van der Waals surface area contributed by atoms with Crippen LogP contribution in [0.1, 0.15) is 32.6 Å². The Hall–Kier alpha value is -1.04. The van der Waals surface area contributed by atoms with Crippen LogP contribution < -0.4 is 0 Å². The minimum atomic E-state index is -0.0844. The predicted molar refractivity (Wildman–Crippen MR) is 47.7 cm³/mol. The van der Waals surface area contributed by atoms with E-state index in [9.17, 15) is 4.79 Å². The average Bonchev–Trinajstić information content (AvgIpc) is 2.18. The highest BCUT2D eigenvalue weighted by Crippen LogP contribution is 2.28. The van der Waals surface area contributed by atoms with Crippen LogP contribution in [0.3, 0.4) is 0 Å². The standard InChI is InChI=1S/C10H15NO2/c1-2-13-10(12)9-5-3-8(7-11)4-6-9/h8-9H,2-6H2,1H3/t8-,9+. The van der Waals surface area contributed by atoms with Gasteiger partial charge in [-0.1, -0.05) is 0 Å². The van der Waals surface area contributed by atoms with Gasteiger partial charge in [-0.15, -0.1) is 0 Å². The zero-order valence-electron chi connectivity index (χ0n) is 7.95. The SMILES string of the molecule is CCOC(=O)[C@H]1CC[C@@H](C#N)CC1. The number of esters is 1. The van der Waals surface area contributed by atoms with Gasteiger partial charge in [0.25, 0.3) is 0 Å². The van der Waals surface area contributed by atoms with Crippen molar-refractivity contribution in [3.8, 4) is 6.07 Å². The van der Waals surface area contributed by atoms with Crippen molar-refractivity contribution >= 4 is 5.97 Å². The highest BCUT2D eigenvalue weighted by Gasteiger charge is 2.26. The van der Waals surface area contributed by atoms with Crippen LogP contribution in [0, 0.1) is 23.2 Å². The summed E-state index contributed by atoms with van der Waals surface area (Å²) >= 11 is 0. The first-order valence-electron chi connectivity index (χ1n) is 4.84. The Bertz CT molecular complexity index is 211. The Balaban J connectivity index is 2.33. The maximum atomic E-state index is 11.3. The van der Waals surface area contributed by atoms with Gasteiger partial charge in [0, 0.05) is 5.92 Å². The number of hydrogen-bond donors (Lipinski definition) is 0. The fraction of sp³-hybridized carbons (Fsp3) is 0.800. The molecule has 3 heteroatoms. The van der Waals surface area contributed by atoms with Gasteiger partial charge in [0.05, 0.1) is 18.6 Å². The first-order chi connectivity index (χ1) is 6.27. The van der Waals surface area contributed by atoms with Gasteiger partial charge >= 0.3 is 5.97 Å². The lowest BCUT2D eigenvalue weighted by molar-refractivity contribution is -0.149. The highest BCUT2D eigenvalue weighted by molar-refractivity contribution is 5.72. The lowest BCUT2D eigenvalue weighted by Crippen LogP contribution is -2.23. The predicted octanol–water partition coefficient (Wildman–Crippen LogP) is 1.88. The van der Waals surface area contributed by atoms with Crippen LogP contribution in [0.5, 0.6) is 0 Å². The van der Waals surface area contributed by atoms with Crippen molar-refractivity contribution in [1.29, 1.82) is 5.26 Å². The molecule has 0 amide bonds. The van der Waals surface area contributed by atoms with Crippen molar-refractivity contribution in [2.45, 2.75) is 32.6 Å². The van der Waals surface area contributed by atoms with Crippen LogP contribution in [0.15, 0.2) is 0 Å². The summed E-state index contributed by atoms with van der Waals surface area (Å²) in [5.41, 5.74) is 0. The molecule has 0 aromatic heterocycles. The number of ether oxygens (including phenoxy) is 1. The van der Waals surface area contributed by atoms with E-state index in [1.54, 1.807) is 0 Å². The number of carbonyl (C=O) groups is 1. The summed E-state index contributed by atoms with van der Waals surface area (Å²) in [6, 6.07) is 2.24. The summed E-state index contributed by atoms with van der Waals surface area (Å²) in [6.45, 7) is 2.27.